The number of halogens is 1. The maximum absolute atomic E-state index is 13.9. The predicted molar refractivity (Wildman–Crippen MR) is 88.8 cm³/mol. The summed E-state index contributed by atoms with van der Waals surface area (Å²) in [4.78, 5) is 4.36. The van der Waals surface area contributed by atoms with E-state index in [2.05, 4.69) is 34.2 Å². The van der Waals surface area contributed by atoms with Gasteiger partial charge in [-0.2, -0.15) is 4.98 Å². The van der Waals surface area contributed by atoms with E-state index in [9.17, 15) is 4.39 Å². The number of rotatable bonds is 6. The second-order valence-corrected chi connectivity index (χ2v) is 6.78. The fourth-order valence-corrected chi connectivity index (χ4v) is 2.98. The Morgan fingerprint density at radius 2 is 2.04 bits per heavy atom. The Labute approximate surface area is 143 Å². The summed E-state index contributed by atoms with van der Waals surface area (Å²) in [5.41, 5.74) is 0.429. The minimum absolute atomic E-state index is 0.318. The average molecular weight is 347 g/mol. The molecular formula is C16H18FN5OS. The first kappa shape index (κ1) is 16.6. The summed E-state index contributed by atoms with van der Waals surface area (Å²) in [6.07, 6.45) is 0.763. The lowest BCUT2D eigenvalue weighted by atomic mass is 10.1. The minimum Gasteiger partial charge on any atom is -0.339 e. The van der Waals surface area contributed by atoms with Crippen LogP contribution in [0.2, 0.25) is 0 Å². The zero-order valence-corrected chi connectivity index (χ0v) is 14.5. The van der Waals surface area contributed by atoms with E-state index in [1.165, 1.54) is 17.8 Å². The van der Waals surface area contributed by atoms with Gasteiger partial charge in [0.2, 0.25) is 5.89 Å². The van der Waals surface area contributed by atoms with Crippen LogP contribution in [0.3, 0.4) is 0 Å². The minimum atomic E-state index is -0.318. The van der Waals surface area contributed by atoms with Gasteiger partial charge in [0.25, 0.3) is 0 Å². The molecule has 3 rings (SSSR count). The first-order chi connectivity index (χ1) is 11.5. The van der Waals surface area contributed by atoms with Crippen LogP contribution in [0.1, 0.15) is 25.6 Å². The van der Waals surface area contributed by atoms with Gasteiger partial charge in [0.15, 0.2) is 16.8 Å². The van der Waals surface area contributed by atoms with Crippen molar-refractivity contribution in [2.45, 2.75) is 31.2 Å². The fraction of sp³-hybridized carbons (Fsp3) is 0.375. The van der Waals surface area contributed by atoms with E-state index in [-0.39, 0.29) is 5.82 Å². The number of hydrogen-bond acceptors (Lipinski definition) is 6. The molecular weight excluding hydrogens is 329 g/mol. The standard InChI is InChI=1S/C16H18FN5OS/c1-10(2)8-14-18-13(21-23-14)9-24-16-20-19-15(22(16)3)11-6-4-5-7-12(11)17/h4-7,10H,8-9H2,1-3H3. The molecule has 0 saturated heterocycles. The molecule has 24 heavy (non-hydrogen) atoms. The van der Waals surface area contributed by atoms with Gasteiger partial charge >= 0.3 is 0 Å². The van der Waals surface area contributed by atoms with Gasteiger partial charge in [-0.15, -0.1) is 10.2 Å². The second kappa shape index (κ2) is 7.12. The van der Waals surface area contributed by atoms with Gasteiger partial charge in [0.05, 0.1) is 11.3 Å². The summed E-state index contributed by atoms with van der Waals surface area (Å²) in [7, 11) is 1.81. The molecule has 0 N–H and O–H groups in total. The molecule has 6 nitrogen and oxygen atoms in total. The van der Waals surface area contributed by atoms with E-state index in [0.717, 1.165) is 6.42 Å². The molecule has 0 bridgehead atoms. The smallest absolute Gasteiger partial charge is 0.226 e. The van der Waals surface area contributed by atoms with E-state index < -0.39 is 0 Å². The monoisotopic (exact) mass is 347 g/mol. The molecule has 8 heteroatoms. The van der Waals surface area contributed by atoms with Crippen molar-refractivity contribution in [3.8, 4) is 11.4 Å². The maximum atomic E-state index is 13.9. The Morgan fingerprint density at radius 1 is 1.25 bits per heavy atom. The van der Waals surface area contributed by atoms with Crippen molar-refractivity contribution in [2.24, 2.45) is 13.0 Å². The summed E-state index contributed by atoms with van der Waals surface area (Å²) in [6.45, 7) is 4.20. The Kier molecular flexibility index (Phi) is 4.94. The van der Waals surface area contributed by atoms with Crippen LogP contribution in [0.15, 0.2) is 33.9 Å². The SMILES string of the molecule is CC(C)Cc1nc(CSc2nnc(-c3ccccc3F)n2C)no1. The van der Waals surface area contributed by atoms with Crippen LogP contribution >= 0.6 is 11.8 Å². The molecule has 126 valence electrons. The Hall–Kier alpha value is -2.22. The third kappa shape index (κ3) is 3.64. The van der Waals surface area contributed by atoms with Gasteiger partial charge in [-0.05, 0) is 18.1 Å². The highest BCUT2D eigenvalue weighted by Crippen LogP contribution is 2.26. The van der Waals surface area contributed by atoms with Crippen LogP contribution in [0.5, 0.6) is 0 Å². The van der Waals surface area contributed by atoms with Crippen molar-refractivity contribution >= 4 is 11.8 Å². The topological polar surface area (TPSA) is 69.6 Å². The first-order valence-corrected chi connectivity index (χ1v) is 8.61. The van der Waals surface area contributed by atoms with Gasteiger partial charge in [-0.25, -0.2) is 4.39 Å². The molecule has 1 aromatic carbocycles. The quantitative estimate of drug-likeness (QED) is 0.636. The van der Waals surface area contributed by atoms with Gasteiger partial charge < -0.3 is 9.09 Å². The molecule has 3 aromatic rings. The number of hydrogen-bond donors (Lipinski definition) is 0. The summed E-state index contributed by atoms with van der Waals surface area (Å²) in [6, 6.07) is 6.52. The van der Waals surface area contributed by atoms with E-state index in [4.69, 9.17) is 4.52 Å². The molecule has 0 fully saturated rings. The molecule has 0 aliphatic rings. The van der Waals surface area contributed by atoms with Crippen molar-refractivity contribution in [1.29, 1.82) is 0 Å². The zero-order valence-electron chi connectivity index (χ0n) is 13.7. The third-order valence-electron chi connectivity index (χ3n) is 3.37. The summed E-state index contributed by atoms with van der Waals surface area (Å²) in [5.74, 6) is 2.42. The van der Waals surface area contributed by atoms with Crippen LogP contribution in [0.4, 0.5) is 4.39 Å². The Balaban J connectivity index is 1.71. The molecule has 0 atom stereocenters. The number of aromatic nitrogens is 5. The molecule has 0 unspecified atom stereocenters. The van der Waals surface area contributed by atoms with Gasteiger partial charge in [-0.3, -0.25) is 0 Å². The van der Waals surface area contributed by atoms with Crippen LogP contribution in [0, 0.1) is 11.7 Å². The largest absolute Gasteiger partial charge is 0.339 e. The summed E-state index contributed by atoms with van der Waals surface area (Å²) >= 11 is 1.44. The summed E-state index contributed by atoms with van der Waals surface area (Å²) in [5, 5.41) is 12.9. The van der Waals surface area contributed by atoms with Crippen LogP contribution in [-0.2, 0) is 19.2 Å². The Morgan fingerprint density at radius 3 is 2.79 bits per heavy atom. The van der Waals surface area contributed by atoms with Crippen molar-refractivity contribution < 1.29 is 8.91 Å². The predicted octanol–water partition coefficient (Wildman–Crippen LogP) is 3.50. The van der Waals surface area contributed by atoms with E-state index >= 15 is 0 Å². The molecule has 0 aliphatic carbocycles. The maximum Gasteiger partial charge on any atom is 0.226 e. The van der Waals surface area contributed by atoms with Crippen LogP contribution < -0.4 is 0 Å². The second-order valence-electron chi connectivity index (χ2n) is 5.84. The number of nitrogens with zero attached hydrogens (tertiary/aromatic N) is 5. The van der Waals surface area contributed by atoms with Crippen molar-refractivity contribution in [1.82, 2.24) is 24.9 Å². The third-order valence-corrected chi connectivity index (χ3v) is 4.39. The number of thioether (sulfide) groups is 1. The lowest BCUT2D eigenvalue weighted by Gasteiger charge is -2.03. The summed E-state index contributed by atoms with van der Waals surface area (Å²) < 4.78 is 20.9. The molecule has 0 spiro atoms. The fourth-order valence-electron chi connectivity index (χ4n) is 2.23. The van der Waals surface area contributed by atoms with Crippen LogP contribution in [-0.4, -0.2) is 24.9 Å². The van der Waals surface area contributed by atoms with Gasteiger partial charge in [0.1, 0.15) is 5.82 Å². The lowest BCUT2D eigenvalue weighted by Crippen LogP contribution is -1.97. The molecule has 0 amide bonds. The highest BCUT2D eigenvalue weighted by atomic mass is 32.2. The van der Waals surface area contributed by atoms with Crippen molar-refractivity contribution in [3.63, 3.8) is 0 Å². The zero-order chi connectivity index (χ0) is 17.1. The highest BCUT2D eigenvalue weighted by Gasteiger charge is 2.15. The molecule has 0 saturated carbocycles. The van der Waals surface area contributed by atoms with E-state index in [1.807, 2.05) is 7.05 Å². The van der Waals surface area contributed by atoms with Gasteiger partial charge in [-0.1, -0.05) is 42.9 Å². The van der Waals surface area contributed by atoms with E-state index in [0.29, 0.717) is 39.9 Å². The van der Waals surface area contributed by atoms with Gasteiger partial charge in [0, 0.05) is 13.5 Å². The average Bonchev–Trinajstić information content (AvgIpc) is 3.12. The molecule has 2 aromatic heterocycles. The van der Waals surface area contributed by atoms with Crippen molar-refractivity contribution in [2.75, 3.05) is 0 Å². The first-order valence-electron chi connectivity index (χ1n) is 7.63. The lowest BCUT2D eigenvalue weighted by molar-refractivity contribution is 0.360. The Bertz CT molecular complexity index is 829. The van der Waals surface area contributed by atoms with E-state index in [1.54, 1.807) is 22.8 Å². The molecule has 0 aliphatic heterocycles. The molecule has 2 heterocycles. The number of benzene rings is 1. The highest BCUT2D eigenvalue weighted by molar-refractivity contribution is 7.98. The normalized spacial score (nSPS) is 11.4. The van der Waals surface area contributed by atoms with Crippen LogP contribution in [0.25, 0.3) is 11.4 Å². The van der Waals surface area contributed by atoms with Crippen molar-refractivity contribution in [3.05, 3.63) is 41.8 Å². The molecule has 0 radical (unpaired) electrons.